The van der Waals surface area contributed by atoms with Crippen LogP contribution in [0.25, 0.3) is 44.7 Å². The highest BCUT2D eigenvalue weighted by atomic mass is 16.4. The molecule has 1 N–H and O–H groups in total. The van der Waals surface area contributed by atoms with E-state index in [1.807, 2.05) is 18.2 Å². The van der Waals surface area contributed by atoms with Gasteiger partial charge in [-0.25, -0.2) is 0 Å². The molecule has 0 aliphatic heterocycles. The number of rotatable bonds is 2. The first-order chi connectivity index (χ1) is 12.7. The van der Waals surface area contributed by atoms with Gasteiger partial charge in [0.15, 0.2) is 0 Å². The van der Waals surface area contributed by atoms with E-state index in [0.29, 0.717) is 11.8 Å². The molecule has 5 heteroatoms. The quantitative estimate of drug-likeness (QED) is 0.503. The first kappa shape index (κ1) is 14.7. The average Bonchev–Trinajstić information content (AvgIpc) is 3.27. The Bertz CT molecular complexity index is 1250. The highest BCUT2D eigenvalue weighted by Crippen LogP contribution is 2.32. The van der Waals surface area contributed by atoms with Gasteiger partial charge in [-0.3, -0.25) is 0 Å². The predicted octanol–water partition coefficient (Wildman–Crippen LogP) is 4.75. The Morgan fingerprint density at radius 2 is 1.42 bits per heavy atom. The lowest BCUT2D eigenvalue weighted by Crippen LogP contribution is -1.86. The summed E-state index contributed by atoms with van der Waals surface area (Å²) in [7, 11) is 2.07. The minimum Gasteiger partial charge on any atom is -0.508 e. The molecule has 0 spiro atoms. The van der Waals surface area contributed by atoms with Crippen molar-refractivity contribution in [3.8, 4) is 28.7 Å². The van der Waals surface area contributed by atoms with Crippen LogP contribution in [-0.4, -0.2) is 19.9 Å². The molecular weight excluding hydrogens is 326 g/mol. The van der Waals surface area contributed by atoms with Crippen molar-refractivity contribution in [2.45, 2.75) is 0 Å². The Labute approximate surface area is 149 Å². The predicted molar refractivity (Wildman–Crippen MR) is 101 cm³/mol. The molecule has 0 unspecified atom stereocenters. The molecule has 0 amide bonds. The Hall–Kier alpha value is -3.60. The maximum absolute atomic E-state index is 9.41. The van der Waals surface area contributed by atoms with Crippen LogP contribution in [-0.2, 0) is 7.05 Å². The van der Waals surface area contributed by atoms with E-state index in [0.717, 1.165) is 22.0 Å². The number of aromatic nitrogens is 3. The van der Waals surface area contributed by atoms with Gasteiger partial charge in [-0.15, -0.1) is 10.2 Å². The van der Waals surface area contributed by atoms with Crippen LogP contribution in [0.1, 0.15) is 0 Å². The van der Waals surface area contributed by atoms with Crippen molar-refractivity contribution in [3.05, 3.63) is 66.7 Å². The summed E-state index contributed by atoms with van der Waals surface area (Å²) < 4.78 is 8.04. The van der Waals surface area contributed by atoms with Gasteiger partial charge in [-0.1, -0.05) is 18.2 Å². The van der Waals surface area contributed by atoms with Gasteiger partial charge in [0.2, 0.25) is 11.8 Å². The molecule has 2 heterocycles. The van der Waals surface area contributed by atoms with Gasteiger partial charge < -0.3 is 14.1 Å². The summed E-state index contributed by atoms with van der Waals surface area (Å²) in [4.78, 5) is 0. The van der Waals surface area contributed by atoms with Gasteiger partial charge in [0.1, 0.15) is 5.75 Å². The third-order valence-corrected chi connectivity index (χ3v) is 4.70. The van der Waals surface area contributed by atoms with Crippen molar-refractivity contribution in [3.63, 3.8) is 0 Å². The Kier molecular flexibility index (Phi) is 3.09. The number of aromatic hydroxyl groups is 1. The molecule has 0 atom stereocenters. The Morgan fingerprint density at radius 1 is 0.769 bits per heavy atom. The number of hydrogen-bond acceptors (Lipinski definition) is 4. The molecule has 5 aromatic rings. The molecule has 0 saturated heterocycles. The lowest BCUT2D eigenvalue weighted by Gasteiger charge is -1.99. The summed E-state index contributed by atoms with van der Waals surface area (Å²) in [6, 6.07) is 21.2. The van der Waals surface area contributed by atoms with Gasteiger partial charge in [0, 0.05) is 40.0 Å². The number of hydrogen-bond donors (Lipinski definition) is 1. The largest absolute Gasteiger partial charge is 0.508 e. The van der Waals surface area contributed by atoms with Crippen molar-refractivity contribution < 1.29 is 9.52 Å². The number of phenolic OH excluding ortho intramolecular Hbond substituents is 1. The number of benzene rings is 3. The molecule has 0 fully saturated rings. The van der Waals surface area contributed by atoms with E-state index in [2.05, 4.69) is 46.1 Å². The Morgan fingerprint density at radius 3 is 2.23 bits per heavy atom. The van der Waals surface area contributed by atoms with Crippen LogP contribution in [0, 0.1) is 0 Å². The Balaban J connectivity index is 1.63. The zero-order chi connectivity index (χ0) is 17.7. The normalized spacial score (nSPS) is 11.4. The van der Waals surface area contributed by atoms with Crippen LogP contribution in [0.3, 0.4) is 0 Å². The fourth-order valence-electron chi connectivity index (χ4n) is 3.36. The minimum atomic E-state index is 0.204. The summed E-state index contributed by atoms with van der Waals surface area (Å²) in [5.74, 6) is 1.11. The number of aryl methyl sites for hydroxylation is 1. The summed E-state index contributed by atoms with van der Waals surface area (Å²) >= 11 is 0. The van der Waals surface area contributed by atoms with Gasteiger partial charge in [0.05, 0.1) is 0 Å². The zero-order valence-electron chi connectivity index (χ0n) is 14.0. The molecule has 3 aromatic carbocycles. The van der Waals surface area contributed by atoms with Gasteiger partial charge in [-0.05, 0) is 48.5 Å². The SMILES string of the molecule is Cn1c2ccccc2c2cc(-c3nnc(-c4ccc(O)cc4)o3)ccc21. The summed E-state index contributed by atoms with van der Waals surface area (Å²) in [5.41, 5.74) is 4.00. The van der Waals surface area contributed by atoms with Crippen LogP contribution >= 0.6 is 0 Å². The smallest absolute Gasteiger partial charge is 0.248 e. The van der Waals surface area contributed by atoms with Crippen LogP contribution in [0.2, 0.25) is 0 Å². The maximum Gasteiger partial charge on any atom is 0.248 e. The molecule has 5 nitrogen and oxygen atoms in total. The number of para-hydroxylation sites is 1. The lowest BCUT2D eigenvalue weighted by molar-refractivity contribution is 0.475. The van der Waals surface area contributed by atoms with Crippen molar-refractivity contribution >= 4 is 21.8 Å². The van der Waals surface area contributed by atoms with E-state index >= 15 is 0 Å². The zero-order valence-corrected chi connectivity index (χ0v) is 14.0. The van der Waals surface area contributed by atoms with Crippen LogP contribution in [0.4, 0.5) is 0 Å². The summed E-state index contributed by atoms with van der Waals surface area (Å²) in [6.07, 6.45) is 0. The van der Waals surface area contributed by atoms with E-state index in [1.54, 1.807) is 24.3 Å². The van der Waals surface area contributed by atoms with Crippen LogP contribution in [0.5, 0.6) is 5.75 Å². The molecule has 0 aliphatic rings. The van der Waals surface area contributed by atoms with E-state index < -0.39 is 0 Å². The van der Waals surface area contributed by atoms with Crippen molar-refractivity contribution in [1.29, 1.82) is 0 Å². The molecule has 26 heavy (non-hydrogen) atoms. The van der Waals surface area contributed by atoms with Crippen molar-refractivity contribution in [1.82, 2.24) is 14.8 Å². The van der Waals surface area contributed by atoms with E-state index in [1.165, 1.54) is 10.9 Å². The highest BCUT2D eigenvalue weighted by molar-refractivity contribution is 6.09. The van der Waals surface area contributed by atoms with Gasteiger partial charge in [0.25, 0.3) is 0 Å². The molecule has 5 rings (SSSR count). The van der Waals surface area contributed by atoms with Crippen LogP contribution in [0.15, 0.2) is 71.1 Å². The molecule has 0 bridgehead atoms. The first-order valence-corrected chi connectivity index (χ1v) is 8.31. The first-order valence-electron chi connectivity index (χ1n) is 8.31. The maximum atomic E-state index is 9.41. The molecule has 2 aromatic heterocycles. The molecule has 126 valence electrons. The third kappa shape index (κ3) is 2.18. The summed E-state index contributed by atoms with van der Waals surface area (Å²) in [5, 5.41) is 20.1. The van der Waals surface area contributed by atoms with Crippen molar-refractivity contribution in [2.75, 3.05) is 0 Å². The van der Waals surface area contributed by atoms with E-state index in [4.69, 9.17) is 4.42 Å². The topological polar surface area (TPSA) is 64.1 Å². The number of fused-ring (bicyclic) bond motifs is 3. The number of phenols is 1. The molecular formula is C21H15N3O2. The number of nitrogens with zero attached hydrogens (tertiary/aromatic N) is 3. The fraction of sp³-hybridized carbons (Fsp3) is 0.0476. The third-order valence-electron chi connectivity index (χ3n) is 4.70. The monoisotopic (exact) mass is 341 g/mol. The molecule has 0 saturated carbocycles. The summed E-state index contributed by atoms with van der Waals surface area (Å²) in [6.45, 7) is 0. The van der Waals surface area contributed by atoms with E-state index in [9.17, 15) is 5.11 Å². The lowest BCUT2D eigenvalue weighted by atomic mass is 10.1. The molecule has 0 aliphatic carbocycles. The van der Waals surface area contributed by atoms with Crippen LogP contribution < -0.4 is 0 Å². The second-order valence-corrected chi connectivity index (χ2v) is 6.27. The van der Waals surface area contributed by atoms with E-state index in [-0.39, 0.29) is 5.75 Å². The van der Waals surface area contributed by atoms with Gasteiger partial charge >= 0.3 is 0 Å². The minimum absolute atomic E-state index is 0.204. The standard InChI is InChI=1S/C21H15N3O2/c1-24-18-5-3-2-4-16(18)17-12-14(8-11-19(17)24)21-23-22-20(26-21)13-6-9-15(25)10-7-13/h2-12,25H,1H3. The second-order valence-electron chi connectivity index (χ2n) is 6.27. The second kappa shape index (κ2) is 5.46. The van der Waals surface area contributed by atoms with Crippen molar-refractivity contribution in [2.24, 2.45) is 7.05 Å². The average molecular weight is 341 g/mol. The highest BCUT2D eigenvalue weighted by Gasteiger charge is 2.13. The molecule has 0 radical (unpaired) electrons. The van der Waals surface area contributed by atoms with Gasteiger partial charge in [-0.2, -0.15) is 0 Å². The fourth-order valence-corrected chi connectivity index (χ4v) is 3.36.